The highest BCUT2D eigenvalue weighted by Crippen LogP contribution is 2.24. The van der Waals surface area contributed by atoms with Crippen LogP contribution in [-0.4, -0.2) is 46.2 Å². The molecule has 0 bridgehead atoms. The summed E-state index contributed by atoms with van der Waals surface area (Å²) in [4.78, 5) is 23.3. The summed E-state index contributed by atoms with van der Waals surface area (Å²) >= 11 is 0. The van der Waals surface area contributed by atoms with Gasteiger partial charge in [0.1, 0.15) is 0 Å². The molecule has 1 saturated carbocycles. The monoisotopic (exact) mass is 213 g/mol. The average molecular weight is 213 g/mol. The molecule has 15 heavy (non-hydrogen) atoms. The van der Waals surface area contributed by atoms with Gasteiger partial charge in [0.2, 0.25) is 5.91 Å². The average Bonchev–Trinajstić information content (AvgIpc) is 2.10. The van der Waals surface area contributed by atoms with Crippen LogP contribution in [0.1, 0.15) is 19.3 Å². The van der Waals surface area contributed by atoms with Gasteiger partial charge in [-0.05, 0) is 19.3 Å². The van der Waals surface area contributed by atoms with Crippen LogP contribution in [-0.2, 0) is 9.59 Å². The molecule has 0 spiro atoms. The van der Waals surface area contributed by atoms with Gasteiger partial charge in [-0.25, -0.2) is 4.79 Å². The molecule has 5 heteroatoms. The van der Waals surface area contributed by atoms with Crippen molar-refractivity contribution in [3.63, 3.8) is 0 Å². The molecular weight excluding hydrogens is 198 g/mol. The first kappa shape index (κ1) is 11.7. The second kappa shape index (κ2) is 5.50. The van der Waals surface area contributed by atoms with Gasteiger partial charge in [0, 0.05) is 24.7 Å². The van der Waals surface area contributed by atoms with Crippen molar-refractivity contribution in [1.29, 1.82) is 0 Å². The van der Waals surface area contributed by atoms with Gasteiger partial charge in [-0.2, -0.15) is 0 Å². The maximum atomic E-state index is 11.5. The summed E-state index contributed by atoms with van der Waals surface area (Å²) in [5.74, 6) is -1.47. The molecule has 0 unspecified atom stereocenters. The molecule has 0 saturated heterocycles. The number of aliphatic carboxylic acids is 1. The van der Waals surface area contributed by atoms with E-state index in [2.05, 4.69) is 0 Å². The number of aliphatic hydroxyl groups is 1. The van der Waals surface area contributed by atoms with Crippen molar-refractivity contribution in [2.24, 2.45) is 0 Å². The molecule has 0 aliphatic heterocycles. The van der Waals surface area contributed by atoms with Gasteiger partial charge >= 0.3 is 5.97 Å². The zero-order valence-corrected chi connectivity index (χ0v) is 8.43. The summed E-state index contributed by atoms with van der Waals surface area (Å²) in [7, 11) is 0. The van der Waals surface area contributed by atoms with Crippen LogP contribution < -0.4 is 0 Å². The molecule has 0 heterocycles. The molecule has 84 valence electrons. The minimum atomic E-state index is -1.14. The lowest BCUT2D eigenvalue weighted by atomic mass is 9.91. The van der Waals surface area contributed by atoms with E-state index in [4.69, 9.17) is 10.2 Å². The van der Waals surface area contributed by atoms with Crippen LogP contribution in [0.2, 0.25) is 0 Å². The molecule has 0 aromatic heterocycles. The molecule has 0 radical (unpaired) electrons. The van der Waals surface area contributed by atoms with Gasteiger partial charge < -0.3 is 15.1 Å². The van der Waals surface area contributed by atoms with Gasteiger partial charge in [0.15, 0.2) is 0 Å². The third-order valence-electron chi connectivity index (χ3n) is 2.51. The topological polar surface area (TPSA) is 77.8 Å². The van der Waals surface area contributed by atoms with Crippen molar-refractivity contribution in [3.8, 4) is 0 Å². The fourth-order valence-corrected chi connectivity index (χ4v) is 1.52. The lowest BCUT2D eigenvalue weighted by Crippen LogP contribution is -2.45. The zero-order chi connectivity index (χ0) is 11.3. The fraction of sp³-hybridized carbons (Fsp3) is 0.600. The lowest BCUT2D eigenvalue weighted by molar-refractivity contribution is -0.133. The van der Waals surface area contributed by atoms with Crippen molar-refractivity contribution < 1.29 is 19.8 Å². The summed E-state index contributed by atoms with van der Waals surface area (Å²) in [6.45, 7) is 0.177. The van der Waals surface area contributed by atoms with Crippen molar-refractivity contribution in [3.05, 3.63) is 12.2 Å². The number of carbonyl (C=O) groups excluding carboxylic acids is 1. The van der Waals surface area contributed by atoms with Gasteiger partial charge in [0.25, 0.3) is 0 Å². The standard InChI is InChI=1S/C10H15NO4/c12-7-6-11(8-2-1-3-8)9(13)4-5-10(14)15/h4-5,8,12H,1-3,6-7H2,(H,14,15)/b5-4+. The normalized spacial score (nSPS) is 16.3. The second-order valence-electron chi connectivity index (χ2n) is 3.51. The quantitative estimate of drug-likeness (QED) is 0.630. The Balaban J connectivity index is 2.54. The molecular formula is C10H15NO4. The third kappa shape index (κ3) is 3.36. The Morgan fingerprint density at radius 3 is 2.40 bits per heavy atom. The molecule has 0 atom stereocenters. The van der Waals surface area contributed by atoms with E-state index in [9.17, 15) is 9.59 Å². The lowest BCUT2D eigenvalue weighted by Gasteiger charge is -2.36. The Morgan fingerprint density at radius 1 is 1.33 bits per heavy atom. The molecule has 0 aromatic rings. The number of carboxylic acid groups (broad SMARTS) is 1. The highest BCUT2D eigenvalue weighted by Gasteiger charge is 2.26. The predicted octanol–water partition coefficient (Wildman–Crippen LogP) is 0.000600. The van der Waals surface area contributed by atoms with Crippen LogP contribution in [0.4, 0.5) is 0 Å². The van der Waals surface area contributed by atoms with Gasteiger partial charge in [-0.3, -0.25) is 4.79 Å². The zero-order valence-electron chi connectivity index (χ0n) is 8.43. The van der Waals surface area contributed by atoms with E-state index in [0.29, 0.717) is 0 Å². The highest BCUT2D eigenvalue weighted by molar-refractivity contribution is 5.94. The van der Waals surface area contributed by atoms with Crippen molar-refractivity contribution >= 4 is 11.9 Å². The van der Waals surface area contributed by atoms with E-state index in [1.807, 2.05) is 0 Å². The smallest absolute Gasteiger partial charge is 0.328 e. The maximum absolute atomic E-state index is 11.5. The van der Waals surface area contributed by atoms with Crippen molar-refractivity contribution in [2.75, 3.05) is 13.2 Å². The Labute approximate surface area is 88.0 Å². The Bertz CT molecular complexity index is 271. The first-order valence-corrected chi connectivity index (χ1v) is 4.97. The second-order valence-corrected chi connectivity index (χ2v) is 3.51. The molecule has 1 rings (SSSR count). The van der Waals surface area contributed by atoms with Crippen LogP contribution in [0.15, 0.2) is 12.2 Å². The first-order valence-electron chi connectivity index (χ1n) is 4.97. The van der Waals surface area contributed by atoms with Crippen LogP contribution in [0, 0.1) is 0 Å². The van der Waals surface area contributed by atoms with Crippen molar-refractivity contribution in [2.45, 2.75) is 25.3 Å². The van der Waals surface area contributed by atoms with Gasteiger partial charge in [-0.15, -0.1) is 0 Å². The van der Waals surface area contributed by atoms with Crippen LogP contribution in [0.5, 0.6) is 0 Å². The predicted molar refractivity (Wildman–Crippen MR) is 53.2 cm³/mol. The number of hydrogen-bond donors (Lipinski definition) is 2. The first-order chi connectivity index (χ1) is 7.15. The number of carboxylic acids is 1. The van der Waals surface area contributed by atoms with Crippen molar-refractivity contribution in [1.82, 2.24) is 4.90 Å². The number of nitrogens with zero attached hydrogens (tertiary/aromatic N) is 1. The number of rotatable bonds is 5. The van der Waals surface area contributed by atoms with Crippen LogP contribution in [0.25, 0.3) is 0 Å². The van der Waals surface area contributed by atoms with Gasteiger partial charge in [0.05, 0.1) is 6.61 Å². The number of carbonyl (C=O) groups is 2. The Hall–Kier alpha value is -1.36. The molecule has 5 nitrogen and oxygen atoms in total. The summed E-state index contributed by atoms with van der Waals surface area (Å²) in [6.07, 6.45) is 4.82. The van der Waals surface area contributed by atoms with Crippen LogP contribution in [0.3, 0.4) is 0 Å². The van der Waals surface area contributed by atoms with E-state index < -0.39 is 5.97 Å². The molecule has 0 aromatic carbocycles. The molecule has 1 aliphatic carbocycles. The Kier molecular flexibility index (Phi) is 4.30. The number of amides is 1. The summed E-state index contributed by atoms with van der Waals surface area (Å²) < 4.78 is 0. The molecule has 1 aliphatic rings. The number of aliphatic hydroxyl groups excluding tert-OH is 1. The number of hydrogen-bond acceptors (Lipinski definition) is 3. The third-order valence-corrected chi connectivity index (χ3v) is 2.51. The highest BCUT2D eigenvalue weighted by atomic mass is 16.4. The van der Waals surface area contributed by atoms with E-state index in [1.165, 1.54) is 4.90 Å². The minimum Gasteiger partial charge on any atom is -0.478 e. The Morgan fingerprint density at radius 2 is 2.00 bits per heavy atom. The fourth-order valence-electron chi connectivity index (χ4n) is 1.52. The van der Waals surface area contributed by atoms with E-state index in [1.54, 1.807) is 0 Å². The van der Waals surface area contributed by atoms with E-state index in [0.717, 1.165) is 31.4 Å². The molecule has 2 N–H and O–H groups in total. The SMILES string of the molecule is O=C(O)/C=C/C(=O)N(CCO)C1CCC1. The van der Waals surface area contributed by atoms with E-state index in [-0.39, 0.29) is 25.1 Å². The summed E-state index contributed by atoms with van der Waals surface area (Å²) in [6, 6.07) is 0.170. The van der Waals surface area contributed by atoms with E-state index >= 15 is 0 Å². The summed E-state index contributed by atoms with van der Waals surface area (Å²) in [5, 5.41) is 17.2. The summed E-state index contributed by atoms with van der Waals surface area (Å²) in [5.41, 5.74) is 0. The largest absolute Gasteiger partial charge is 0.478 e. The maximum Gasteiger partial charge on any atom is 0.328 e. The minimum absolute atomic E-state index is 0.0941. The van der Waals surface area contributed by atoms with Gasteiger partial charge in [-0.1, -0.05) is 0 Å². The molecule has 1 amide bonds. The molecule has 1 fully saturated rings. The van der Waals surface area contributed by atoms with Crippen LogP contribution >= 0.6 is 0 Å².